The third kappa shape index (κ3) is 3.33. The van der Waals surface area contributed by atoms with Crippen molar-refractivity contribution in [3.05, 3.63) is 29.8 Å². The first-order valence-corrected chi connectivity index (χ1v) is 6.87. The van der Waals surface area contributed by atoms with Crippen LogP contribution in [0.2, 0.25) is 0 Å². The van der Waals surface area contributed by atoms with E-state index >= 15 is 0 Å². The maximum Gasteiger partial charge on any atom is 0.195 e. The molecule has 2 atom stereocenters. The number of rotatable bonds is 6. The zero-order valence-corrected chi connectivity index (χ0v) is 11.3. The Balaban J connectivity index is 2.10. The minimum absolute atomic E-state index is 0.00246. The van der Waals surface area contributed by atoms with E-state index in [2.05, 4.69) is 0 Å². The summed E-state index contributed by atoms with van der Waals surface area (Å²) in [6.07, 6.45) is 2.14. The molecule has 0 aromatic heterocycles. The molecular formula is C15H21NO3. The highest BCUT2D eigenvalue weighted by Gasteiger charge is 2.31. The quantitative estimate of drug-likeness (QED) is 0.799. The van der Waals surface area contributed by atoms with Crippen molar-refractivity contribution in [1.82, 2.24) is 0 Å². The number of hydrogen-bond acceptors (Lipinski definition) is 4. The fraction of sp³-hybridized carbons (Fsp3) is 0.533. The largest absolute Gasteiger partial charge is 0.493 e. The first-order chi connectivity index (χ1) is 9.26. The van der Waals surface area contributed by atoms with Crippen LogP contribution in [0.15, 0.2) is 24.3 Å². The second-order valence-corrected chi connectivity index (χ2v) is 4.77. The van der Waals surface area contributed by atoms with Crippen molar-refractivity contribution in [2.75, 3.05) is 13.2 Å². The highest BCUT2D eigenvalue weighted by molar-refractivity contribution is 6.02. The van der Waals surface area contributed by atoms with Crippen LogP contribution in [0.5, 0.6) is 5.75 Å². The summed E-state index contributed by atoms with van der Waals surface area (Å²) in [5.41, 5.74) is 6.18. The topological polar surface area (TPSA) is 61.5 Å². The van der Waals surface area contributed by atoms with Crippen molar-refractivity contribution in [2.24, 2.45) is 5.73 Å². The molecule has 2 unspecified atom stereocenters. The van der Waals surface area contributed by atoms with Crippen molar-refractivity contribution >= 4 is 5.78 Å². The predicted molar refractivity (Wildman–Crippen MR) is 73.5 cm³/mol. The second kappa shape index (κ2) is 6.68. The SMILES string of the molecule is CCCOc1ccccc1C(=O)C1CCC(CN)O1. The fourth-order valence-electron chi connectivity index (χ4n) is 2.25. The van der Waals surface area contributed by atoms with Crippen molar-refractivity contribution in [3.63, 3.8) is 0 Å². The minimum atomic E-state index is -0.375. The number of hydrogen-bond donors (Lipinski definition) is 1. The molecule has 0 aliphatic carbocycles. The Morgan fingerprint density at radius 2 is 2.21 bits per heavy atom. The third-order valence-corrected chi connectivity index (χ3v) is 3.28. The number of ketones is 1. The lowest BCUT2D eigenvalue weighted by molar-refractivity contribution is 0.0401. The van der Waals surface area contributed by atoms with Crippen LogP contribution in [0.1, 0.15) is 36.5 Å². The summed E-state index contributed by atoms with van der Waals surface area (Å²) < 4.78 is 11.3. The van der Waals surface area contributed by atoms with E-state index in [1.165, 1.54) is 0 Å². The molecule has 1 aromatic carbocycles. The van der Waals surface area contributed by atoms with Crippen molar-refractivity contribution < 1.29 is 14.3 Å². The van der Waals surface area contributed by atoms with Crippen LogP contribution in [0.3, 0.4) is 0 Å². The molecule has 1 fully saturated rings. The van der Waals surface area contributed by atoms with Gasteiger partial charge in [0.25, 0.3) is 0 Å². The molecular weight excluding hydrogens is 242 g/mol. The molecule has 0 bridgehead atoms. The minimum Gasteiger partial charge on any atom is -0.493 e. The van der Waals surface area contributed by atoms with Crippen LogP contribution in [-0.4, -0.2) is 31.1 Å². The van der Waals surface area contributed by atoms with E-state index in [0.717, 1.165) is 19.3 Å². The Morgan fingerprint density at radius 1 is 1.42 bits per heavy atom. The molecule has 4 nitrogen and oxygen atoms in total. The molecule has 2 rings (SSSR count). The molecule has 0 radical (unpaired) electrons. The summed E-state index contributed by atoms with van der Waals surface area (Å²) in [7, 11) is 0. The van der Waals surface area contributed by atoms with Crippen LogP contribution in [0.4, 0.5) is 0 Å². The number of para-hydroxylation sites is 1. The predicted octanol–water partition coefficient (Wildman–Crippen LogP) is 2.16. The van der Waals surface area contributed by atoms with Crippen LogP contribution in [-0.2, 0) is 4.74 Å². The smallest absolute Gasteiger partial charge is 0.195 e. The van der Waals surface area contributed by atoms with Crippen molar-refractivity contribution in [1.29, 1.82) is 0 Å². The molecule has 2 N–H and O–H groups in total. The number of Topliss-reactive ketones (excluding diaryl/α,β-unsaturated/α-hetero) is 1. The standard InChI is InChI=1S/C15H21NO3/c1-2-9-18-13-6-4-3-5-12(13)15(17)14-8-7-11(10-16)19-14/h3-6,11,14H,2,7-10,16H2,1H3. The summed E-state index contributed by atoms with van der Waals surface area (Å²) in [4.78, 5) is 12.4. The van der Waals surface area contributed by atoms with Gasteiger partial charge in [0, 0.05) is 6.54 Å². The molecule has 1 aliphatic rings. The van der Waals surface area contributed by atoms with Gasteiger partial charge in [-0.05, 0) is 31.4 Å². The third-order valence-electron chi connectivity index (χ3n) is 3.28. The molecule has 0 saturated carbocycles. The van der Waals surface area contributed by atoms with Crippen molar-refractivity contribution in [2.45, 2.75) is 38.4 Å². The zero-order valence-electron chi connectivity index (χ0n) is 11.3. The molecule has 1 aliphatic heterocycles. The monoisotopic (exact) mass is 263 g/mol. The maximum atomic E-state index is 12.4. The number of carbonyl (C=O) groups is 1. The maximum absolute atomic E-state index is 12.4. The van der Waals surface area contributed by atoms with Gasteiger partial charge in [-0.25, -0.2) is 0 Å². The lowest BCUT2D eigenvalue weighted by Crippen LogP contribution is -2.25. The van der Waals surface area contributed by atoms with Gasteiger partial charge in [-0.2, -0.15) is 0 Å². The van der Waals surface area contributed by atoms with E-state index in [9.17, 15) is 4.79 Å². The van der Waals surface area contributed by atoms with Crippen LogP contribution < -0.4 is 10.5 Å². The van der Waals surface area contributed by atoms with E-state index in [0.29, 0.717) is 24.5 Å². The van der Waals surface area contributed by atoms with E-state index in [-0.39, 0.29) is 18.0 Å². The molecule has 1 saturated heterocycles. The molecule has 0 spiro atoms. The van der Waals surface area contributed by atoms with E-state index in [4.69, 9.17) is 15.2 Å². The summed E-state index contributed by atoms with van der Waals surface area (Å²) in [6.45, 7) is 3.12. The first-order valence-electron chi connectivity index (χ1n) is 6.87. The summed E-state index contributed by atoms with van der Waals surface area (Å²) in [5, 5.41) is 0. The van der Waals surface area contributed by atoms with Gasteiger partial charge in [0.15, 0.2) is 5.78 Å². The molecule has 1 heterocycles. The van der Waals surface area contributed by atoms with E-state index < -0.39 is 0 Å². The van der Waals surface area contributed by atoms with Crippen LogP contribution in [0.25, 0.3) is 0 Å². The van der Waals surface area contributed by atoms with Gasteiger partial charge in [0.2, 0.25) is 0 Å². The van der Waals surface area contributed by atoms with E-state index in [1.54, 1.807) is 6.07 Å². The molecule has 0 amide bonds. The number of carbonyl (C=O) groups excluding carboxylic acids is 1. The first kappa shape index (κ1) is 14.0. The van der Waals surface area contributed by atoms with Crippen LogP contribution >= 0.6 is 0 Å². The Bertz CT molecular complexity index is 433. The van der Waals surface area contributed by atoms with Gasteiger partial charge in [0.05, 0.1) is 18.3 Å². The Morgan fingerprint density at radius 3 is 2.89 bits per heavy atom. The Hall–Kier alpha value is -1.39. The Labute approximate surface area is 113 Å². The van der Waals surface area contributed by atoms with Gasteiger partial charge in [-0.1, -0.05) is 19.1 Å². The fourth-order valence-corrected chi connectivity index (χ4v) is 2.25. The summed E-state index contributed by atoms with van der Waals surface area (Å²) >= 11 is 0. The van der Waals surface area contributed by atoms with Gasteiger partial charge < -0.3 is 15.2 Å². The number of nitrogens with two attached hydrogens (primary N) is 1. The van der Waals surface area contributed by atoms with Crippen LogP contribution in [0, 0.1) is 0 Å². The average molecular weight is 263 g/mol. The molecule has 104 valence electrons. The normalized spacial score (nSPS) is 22.4. The Kier molecular flexibility index (Phi) is 4.93. The molecule has 19 heavy (non-hydrogen) atoms. The van der Waals surface area contributed by atoms with Gasteiger partial charge in [-0.15, -0.1) is 0 Å². The number of ether oxygens (including phenoxy) is 2. The second-order valence-electron chi connectivity index (χ2n) is 4.77. The van der Waals surface area contributed by atoms with Gasteiger partial charge >= 0.3 is 0 Å². The lowest BCUT2D eigenvalue weighted by atomic mass is 10.0. The summed E-state index contributed by atoms with van der Waals surface area (Å²) in [6, 6.07) is 7.35. The van der Waals surface area contributed by atoms with Gasteiger partial charge in [-0.3, -0.25) is 4.79 Å². The summed E-state index contributed by atoms with van der Waals surface area (Å²) in [5.74, 6) is 0.650. The molecule has 4 heteroatoms. The highest BCUT2D eigenvalue weighted by atomic mass is 16.5. The van der Waals surface area contributed by atoms with E-state index in [1.807, 2.05) is 25.1 Å². The number of benzene rings is 1. The zero-order chi connectivity index (χ0) is 13.7. The molecule has 1 aromatic rings. The average Bonchev–Trinajstić information content (AvgIpc) is 2.93. The highest BCUT2D eigenvalue weighted by Crippen LogP contribution is 2.26. The lowest BCUT2D eigenvalue weighted by Gasteiger charge is -2.14. The van der Waals surface area contributed by atoms with Gasteiger partial charge in [0.1, 0.15) is 11.9 Å². The van der Waals surface area contributed by atoms with Crippen molar-refractivity contribution in [3.8, 4) is 5.75 Å².